The molecule has 2 N–H and O–H groups in total. The molecule has 3 atom stereocenters. The number of carbonyl (C=O) groups is 1. The number of amides is 1. The zero-order chi connectivity index (χ0) is 22.0. The molecule has 3 rings (SSSR count). The Balaban J connectivity index is 2.19. The van der Waals surface area contributed by atoms with Crippen LogP contribution in [0.3, 0.4) is 0 Å². The molecule has 0 radical (unpaired) electrons. The number of hydrogen-bond donors (Lipinski definition) is 2. The van der Waals surface area contributed by atoms with Crippen LogP contribution in [0, 0.1) is 0 Å². The highest BCUT2D eigenvalue weighted by Gasteiger charge is 2.57. The minimum Gasteiger partial charge on any atom is -0.438 e. The Morgan fingerprint density at radius 1 is 1.10 bits per heavy atom. The van der Waals surface area contributed by atoms with Crippen molar-refractivity contribution in [1.29, 1.82) is 0 Å². The summed E-state index contributed by atoms with van der Waals surface area (Å²) >= 11 is 0. The Morgan fingerprint density at radius 2 is 1.60 bits per heavy atom. The topological polar surface area (TPSA) is 67.8 Å². The van der Waals surface area contributed by atoms with Crippen LogP contribution < -0.4 is 15.7 Å². The summed E-state index contributed by atoms with van der Waals surface area (Å²) in [5.74, 6) is 0. The Kier molecular flexibility index (Phi) is 6.41. The second-order valence-electron chi connectivity index (χ2n) is 9.13. The molecule has 6 heteroatoms. The van der Waals surface area contributed by atoms with Gasteiger partial charge in [-0.05, 0) is 28.8 Å². The Bertz CT molecular complexity index is 813. The minimum atomic E-state index is -2.81. The molecule has 0 aromatic heterocycles. The third-order valence-corrected chi connectivity index (χ3v) is 11.3. The van der Waals surface area contributed by atoms with Crippen LogP contribution in [0.2, 0.25) is 5.04 Å². The first-order valence-corrected chi connectivity index (χ1v) is 12.5. The lowest BCUT2D eigenvalue weighted by molar-refractivity contribution is -0.0572. The molecule has 1 fully saturated rings. The van der Waals surface area contributed by atoms with Gasteiger partial charge in [-0.3, -0.25) is 0 Å². The fourth-order valence-corrected chi connectivity index (χ4v) is 9.46. The Morgan fingerprint density at radius 3 is 2.00 bits per heavy atom. The van der Waals surface area contributed by atoms with E-state index in [9.17, 15) is 9.90 Å². The number of rotatable bonds is 7. The molecule has 0 spiro atoms. The first-order chi connectivity index (χ1) is 14.2. The first kappa shape index (κ1) is 22.5. The number of hydrogen-bond acceptors (Lipinski definition) is 4. The van der Waals surface area contributed by atoms with E-state index in [0.29, 0.717) is 6.42 Å². The molecule has 0 saturated carbocycles. The number of aliphatic hydroxyl groups is 1. The maximum Gasteiger partial charge on any atom is 0.408 e. The van der Waals surface area contributed by atoms with Crippen LogP contribution in [0.25, 0.3) is 0 Å². The van der Waals surface area contributed by atoms with E-state index < -0.39 is 26.1 Å². The van der Waals surface area contributed by atoms with Crippen molar-refractivity contribution in [2.24, 2.45) is 0 Å². The first-order valence-electron chi connectivity index (χ1n) is 10.6. The summed E-state index contributed by atoms with van der Waals surface area (Å²) in [4.78, 5) is 12.1. The summed E-state index contributed by atoms with van der Waals surface area (Å²) in [7, 11) is -2.81. The van der Waals surface area contributed by atoms with Crippen LogP contribution >= 0.6 is 0 Å². The lowest BCUT2D eigenvalue weighted by Crippen LogP contribution is -2.70. The van der Waals surface area contributed by atoms with Crippen LogP contribution in [0.1, 0.15) is 41.0 Å². The molecule has 1 aliphatic rings. The Labute approximate surface area is 180 Å². The van der Waals surface area contributed by atoms with Crippen LogP contribution in [0.5, 0.6) is 0 Å². The van der Waals surface area contributed by atoms with Crippen molar-refractivity contribution in [2.45, 2.75) is 63.8 Å². The van der Waals surface area contributed by atoms with Gasteiger partial charge in [-0.1, -0.05) is 88.4 Å². The number of alkyl carbamates (subject to hydrolysis) is 1. The molecular weight excluding hydrogens is 394 g/mol. The maximum absolute atomic E-state index is 12.1. The summed E-state index contributed by atoms with van der Waals surface area (Å²) in [6.45, 7) is 10.3. The third-order valence-electron chi connectivity index (χ3n) is 6.23. The van der Waals surface area contributed by atoms with Crippen molar-refractivity contribution in [3.63, 3.8) is 0 Å². The summed E-state index contributed by atoms with van der Waals surface area (Å²) < 4.78 is 12.9. The van der Waals surface area contributed by atoms with Crippen molar-refractivity contribution < 1.29 is 19.1 Å². The highest BCUT2D eigenvalue weighted by molar-refractivity contribution is 6.99. The number of aliphatic hydroxyl groups excluding tert-OH is 1. The molecule has 2 aromatic carbocycles. The van der Waals surface area contributed by atoms with E-state index in [1.165, 1.54) is 10.4 Å². The minimum absolute atomic E-state index is 0.190. The average Bonchev–Trinajstić information content (AvgIpc) is 3.03. The van der Waals surface area contributed by atoms with Gasteiger partial charge in [-0.25, -0.2) is 4.79 Å². The molecule has 30 heavy (non-hydrogen) atoms. The number of carbonyl (C=O) groups excluding carboxylic acids is 1. The summed E-state index contributed by atoms with van der Waals surface area (Å²) in [5, 5.41) is 14.8. The molecule has 1 aliphatic heterocycles. The van der Waals surface area contributed by atoms with Gasteiger partial charge in [0.1, 0.15) is 0 Å². The number of nitrogens with one attached hydrogen (secondary N) is 1. The van der Waals surface area contributed by atoms with Crippen molar-refractivity contribution in [2.75, 3.05) is 6.61 Å². The second kappa shape index (κ2) is 8.53. The predicted molar refractivity (Wildman–Crippen MR) is 122 cm³/mol. The smallest absolute Gasteiger partial charge is 0.408 e. The fraction of sp³-hybridized carbons (Fsp3) is 0.458. The van der Waals surface area contributed by atoms with E-state index in [1.54, 1.807) is 0 Å². The molecule has 5 nitrogen and oxygen atoms in total. The van der Waals surface area contributed by atoms with Crippen molar-refractivity contribution in [1.82, 2.24) is 5.32 Å². The highest BCUT2D eigenvalue weighted by Crippen LogP contribution is 2.41. The fourth-order valence-electron chi connectivity index (χ4n) is 4.61. The molecule has 0 unspecified atom stereocenters. The van der Waals surface area contributed by atoms with Gasteiger partial charge in [-0.2, -0.15) is 0 Å². The van der Waals surface area contributed by atoms with Crippen molar-refractivity contribution in [3.8, 4) is 0 Å². The number of benzene rings is 2. The van der Waals surface area contributed by atoms with Gasteiger partial charge >= 0.3 is 6.09 Å². The molecule has 2 aromatic rings. The van der Waals surface area contributed by atoms with Crippen LogP contribution in [0.4, 0.5) is 4.79 Å². The van der Waals surface area contributed by atoms with Gasteiger partial charge in [-0.15, -0.1) is 0 Å². The summed E-state index contributed by atoms with van der Waals surface area (Å²) in [6, 6.07) is 20.3. The summed E-state index contributed by atoms with van der Waals surface area (Å²) in [5.41, 5.74) is -0.965. The van der Waals surface area contributed by atoms with Crippen LogP contribution in [-0.4, -0.2) is 43.9 Å². The van der Waals surface area contributed by atoms with E-state index in [0.717, 1.165) is 0 Å². The molecule has 1 amide bonds. The molecule has 162 valence electrons. The summed E-state index contributed by atoms with van der Waals surface area (Å²) in [6.07, 6.45) is -0.257. The second-order valence-corrected chi connectivity index (χ2v) is 13.4. The van der Waals surface area contributed by atoms with Gasteiger partial charge in [0, 0.05) is 0 Å². The Hall–Kier alpha value is -2.15. The highest BCUT2D eigenvalue weighted by atomic mass is 28.4. The number of ether oxygens (including phenoxy) is 1. The average molecular weight is 428 g/mol. The molecule has 0 aliphatic carbocycles. The van der Waals surface area contributed by atoms with Crippen LogP contribution in [0.15, 0.2) is 60.7 Å². The van der Waals surface area contributed by atoms with E-state index in [4.69, 9.17) is 9.16 Å². The zero-order valence-corrected chi connectivity index (χ0v) is 19.5. The molecule has 1 heterocycles. The van der Waals surface area contributed by atoms with Gasteiger partial charge < -0.3 is 19.6 Å². The van der Waals surface area contributed by atoms with Gasteiger partial charge in [0.05, 0.1) is 18.8 Å². The molecule has 0 bridgehead atoms. The molecule has 1 saturated heterocycles. The number of cyclic esters (lactones) is 1. The van der Waals surface area contributed by atoms with Crippen molar-refractivity contribution in [3.05, 3.63) is 60.7 Å². The van der Waals surface area contributed by atoms with E-state index in [1.807, 2.05) is 50.2 Å². The third kappa shape index (κ3) is 3.79. The predicted octanol–water partition coefficient (Wildman–Crippen LogP) is 3.20. The van der Waals surface area contributed by atoms with Gasteiger partial charge in [0.2, 0.25) is 0 Å². The van der Waals surface area contributed by atoms with Gasteiger partial charge in [0.15, 0.2) is 5.60 Å². The van der Waals surface area contributed by atoms with E-state index >= 15 is 0 Å². The molecular formula is C24H33NO4Si. The largest absolute Gasteiger partial charge is 0.438 e. The monoisotopic (exact) mass is 427 g/mol. The quantitative estimate of drug-likeness (QED) is 0.666. The lowest BCUT2D eigenvalue weighted by atomic mass is 9.90. The normalized spacial score (nSPS) is 23.0. The van der Waals surface area contributed by atoms with Crippen LogP contribution in [-0.2, 0) is 9.16 Å². The standard InChI is InChI=1S/C24H33NO4Si/c1-6-21(24(5)20(17-26)25-22(27)28-24)29-30(23(2,3)4,18-13-9-7-10-14-18)19-15-11-8-12-16-19/h7-16,20-21,26H,6,17H2,1-5H3,(H,25,27)/t20-,21-,24+/m1/s1. The van der Waals surface area contributed by atoms with Gasteiger partial charge in [0.25, 0.3) is 8.32 Å². The lowest BCUT2D eigenvalue weighted by Gasteiger charge is -2.48. The van der Waals surface area contributed by atoms with Crippen molar-refractivity contribution >= 4 is 24.8 Å². The zero-order valence-electron chi connectivity index (χ0n) is 18.5. The maximum atomic E-state index is 12.1. The van der Waals surface area contributed by atoms with E-state index in [2.05, 4.69) is 50.4 Å². The van der Waals surface area contributed by atoms with E-state index in [-0.39, 0.29) is 17.7 Å². The SMILES string of the molecule is CC[C@@H](O[Si](c1ccccc1)(c1ccccc1)C(C)(C)C)[C@@]1(C)OC(=O)N[C@@H]1CO.